The van der Waals surface area contributed by atoms with Crippen LogP contribution in [0.1, 0.15) is 58.1 Å². The number of hydrogen-bond acceptors (Lipinski definition) is 3. The van der Waals surface area contributed by atoms with Crippen molar-refractivity contribution < 1.29 is 0 Å². The minimum absolute atomic E-state index is 0.0000151. The molecule has 0 aliphatic carbocycles. The van der Waals surface area contributed by atoms with Crippen molar-refractivity contribution >= 4 is 11.2 Å². The first-order valence-corrected chi connectivity index (χ1v) is 9.10. The van der Waals surface area contributed by atoms with E-state index in [4.69, 9.17) is 10.1 Å². The number of hydrogen-bond donors (Lipinski definition) is 1. The Hall–Kier alpha value is -2.17. The second-order valence-electron chi connectivity index (χ2n) is 9.08. The first-order valence-electron chi connectivity index (χ1n) is 9.10. The molecular formula is C20H27N5. The molecule has 5 nitrogen and oxygen atoms in total. The van der Waals surface area contributed by atoms with Crippen LogP contribution in [0.4, 0.5) is 0 Å². The van der Waals surface area contributed by atoms with E-state index in [0.29, 0.717) is 5.92 Å². The standard InChI is InChI=1S/C20H27N5/c1-19(2,3)16-9-14-8-13(12-25(14)24-16)10-20(4,5)17-11-22-18-15(23-17)6-7-21-18/h6-7,9,11,13H,8,10,12H2,1-5H3,(H,21,22). The van der Waals surface area contributed by atoms with Crippen LogP contribution in [-0.2, 0) is 23.8 Å². The summed E-state index contributed by atoms with van der Waals surface area (Å²) < 4.78 is 2.21. The van der Waals surface area contributed by atoms with Gasteiger partial charge in [0, 0.05) is 29.3 Å². The molecule has 3 aromatic rings. The van der Waals surface area contributed by atoms with E-state index >= 15 is 0 Å². The van der Waals surface area contributed by atoms with Gasteiger partial charge in [0.05, 0.1) is 17.6 Å². The van der Waals surface area contributed by atoms with Gasteiger partial charge in [-0.05, 0) is 30.9 Å². The SMILES string of the molecule is CC(C)(C)c1cc2n(n1)CC(CC(C)(C)c1cnc3[nH]ccc3n1)C2. The molecule has 4 rings (SSSR count). The van der Waals surface area contributed by atoms with Crippen LogP contribution in [0, 0.1) is 5.92 Å². The lowest BCUT2D eigenvalue weighted by atomic mass is 9.79. The lowest BCUT2D eigenvalue weighted by molar-refractivity contribution is 0.340. The molecule has 3 aromatic heterocycles. The zero-order chi connectivity index (χ0) is 17.8. The van der Waals surface area contributed by atoms with E-state index in [1.807, 2.05) is 18.5 Å². The second-order valence-corrected chi connectivity index (χ2v) is 9.08. The molecule has 1 aliphatic rings. The van der Waals surface area contributed by atoms with Crippen molar-refractivity contribution in [3.05, 3.63) is 41.6 Å². The molecule has 1 unspecified atom stereocenters. The van der Waals surface area contributed by atoms with Crippen molar-refractivity contribution in [3.63, 3.8) is 0 Å². The lowest BCUT2D eigenvalue weighted by Crippen LogP contribution is -2.24. The molecule has 5 heteroatoms. The van der Waals surface area contributed by atoms with Crippen molar-refractivity contribution in [2.75, 3.05) is 0 Å². The fourth-order valence-electron chi connectivity index (χ4n) is 3.87. The summed E-state index contributed by atoms with van der Waals surface area (Å²) in [5, 5.41) is 4.83. The fourth-order valence-corrected chi connectivity index (χ4v) is 3.87. The Bertz CT molecular complexity index is 886. The van der Waals surface area contributed by atoms with Gasteiger partial charge in [0.2, 0.25) is 0 Å². The highest BCUT2D eigenvalue weighted by molar-refractivity contribution is 5.70. The Morgan fingerprint density at radius 2 is 2.00 bits per heavy atom. The molecule has 0 aromatic carbocycles. The van der Waals surface area contributed by atoms with Gasteiger partial charge >= 0.3 is 0 Å². The first kappa shape index (κ1) is 16.3. The van der Waals surface area contributed by atoms with Crippen LogP contribution in [0.5, 0.6) is 0 Å². The Morgan fingerprint density at radius 3 is 2.72 bits per heavy atom. The van der Waals surface area contributed by atoms with Gasteiger partial charge in [0.1, 0.15) is 5.52 Å². The molecule has 1 atom stereocenters. The van der Waals surface area contributed by atoms with E-state index in [1.165, 1.54) is 11.4 Å². The Morgan fingerprint density at radius 1 is 1.20 bits per heavy atom. The van der Waals surface area contributed by atoms with Crippen LogP contribution in [0.25, 0.3) is 11.2 Å². The van der Waals surface area contributed by atoms with Gasteiger partial charge in [0.15, 0.2) is 5.65 Å². The van der Waals surface area contributed by atoms with Crippen molar-refractivity contribution in [1.82, 2.24) is 24.7 Å². The Balaban J connectivity index is 1.50. The number of fused-ring (bicyclic) bond motifs is 2. The van der Waals surface area contributed by atoms with E-state index in [1.54, 1.807) is 0 Å². The Labute approximate surface area is 148 Å². The third-order valence-corrected chi connectivity index (χ3v) is 5.31. The van der Waals surface area contributed by atoms with E-state index < -0.39 is 0 Å². The van der Waals surface area contributed by atoms with Crippen LogP contribution in [0.15, 0.2) is 24.5 Å². The summed E-state index contributed by atoms with van der Waals surface area (Å²) >= 11 is 0. The predicted octanol–water partition coefficient (Wildman–Crippen LogP) is 3.99. The largest absolute Gasteiger partial charge is 0.345 e. The molecule has 0 saturated heterocycles. The van der Waals surface area contributed by atoms with E-state index in [-0.39, 0.29) is 10.8 Å². The molecule has 1 aliphatic heterocycles. The van der Waals surface area contributed by atoms with Gasteiger partial charge in [0.25, 0.3) is 0 Å². The monoisotopic (exact) mass is 337 g/mol. The summed E-state index contributed by atoms with van der Waals surface area (Å²) in [6.07, 6.45) is 6.01. The van der Waals surface area contributed by atoms with Gasteiger partial charge in [-0.1, -0.05) is 34.6 Å². The van der Waals surface area contributed by atoms with Crippen LogP contribution in [0.3, 0.4) is 0 Å². The van der Waals surface area contributed by atoms with Crippen molar-refractivity contribution in [3.8, 4) is 0 Å². The molecule has 25 heavy (non-hydrogen) atoms. The molecule has 0 saturated carbocycles. The fraction of sp³-hybridized carbons (Fsp3) is 0.550. The smallest absolute Gasteiger partial charge is 0.156 e. The topological polar surface area (TPSA) is 59.4 Å². The predicted molar refractivity (Wildman–Crippen MR) is 99.7 cm³/mol. The van der Waals surface area contributed by atoms with Gasteiger partial charge in [-0.25, -0.2) is 9.97 Å². The molecule has 0 fully saturated rings. The van der Waals surface area contributed by atoms with E-state index in [0.717, 1.165) is 36.2 Å². The summed E-state index contributed by atoms with van der Waals surface area (Å²) in [5.41, 5.74) is 5.56. The van der Waals surface area contributed by atoms with Gasteiger partial charge in [-0.3, -0.25) is 4.68 Å². The zero-order valence-electron chi connectivity index (χ0n) is 15.8. The average molecular weight is 337 g/mol. The number of nitrogens with zero attached hydrogens (tertiary/aromatic N) is 4. The van der Waals surface area contributed by atoms with Crippen LogP contribution < -0.4 is 0 Å². The summed E-state index contributed by atoms with van der Waals surface area (Å²) in [7, 11) is 0. The molecular weight excluding hydrogens is 310 g/mol. The van der Waals surface area contributed by atoms with Crippen LogP contribution in [-0.4, -0.2) is 24.7 Å². The van der Waals surface area contributed by atoms with Crippen molar-refractivity contribution in [1.29, 1.82) is 0 Å². The Kier molecular flexibility index (Phi) is 3.53. The van der Waals surface area contributed by atoms with Crippen LogP contribution >= 0.6 is 0 Å². The normalized spacial score (nSPS) is 18.0. The first-order chi connectivity index (χ1) is 11.7. The van der Waals surface area contributed by atoms with Gasteiger partial charge in [-0.2, -0.15) is 5.10 Å². The maximum atomic E-state index is 4.83. The maximum Gasteiger partial charge on any atom is 0.156 e. The van der Waals surface area contributed by atoms with Gasteiger partial charge in [-0.15, -0.1) is 0 Å². The van der Waals surface area contributed by atoms with Crippen LogP contribution in [0.2, 0.25) is 0 Å². The number of H-pyrrole nitrogens is 1. The molecule has 132 valence electrons. The summed E-state index contributed by atoms with van der Waals surface area (Å²) in [5.74, 6) is 0.607. The van der Waals surface area contributed by atoms with E-state index in [9.17, 15) is 0 Å². The van der Waals surface area contributed by atoms with E-state index in [2.05, 4.69) is 55.3 Å². The summed E-state index contributed by atoms with van der Waals surface area (Å²) in [4.78, 5) is 12.4. The summed E-state index contributed by atoms with van der Waals surface area (Å²) in [6, 6.07) is 4.28. The number of aromatic amines is 1. The molecule has 0 amide bonds. The zero-order valence-corrected chi connectivity index (χ0v) is 15.8. The molecule has 0 bridgehead atoms. The van der Waals surface area contributed by atoms with Crippen molar-refractivity contribution in [2.24, 2.45) is 5.92 Å². The highest BCUT2D eigenvalue weighted by atomic mass is 15.3. The average Bonchev–Trinajstić information content (AvgIpc) is 3.18. The third kappa shape index (κ3) is 2.96. The molecule has 0 spiro atoms. The quantitative estimate of drug-likeness (QED) is 0.786. The highest BCUT2D eigenvalue weighted by Gasteiger charge is 2.33. The van der Waals surface area contributed by atoms with Crippen molar-refractivity contribution in [2.45, 2.75) is 64.8 Å². The lowest BCUT2D eigenvalue weighted by Gasteiger charge is -2.27. The molecule has 4 heterocycles. The number of nitrogens with one attached hydrogen (secondary N) is 1. The molecule has 1 N–H and O–H groups in total. The minimum Gasteiger partial charge on any atom is -0.345 e. The van der Waals surface area contributed by atoms with Gasteiger partial charge < -0.3 is 4.98 Å². The minimum atomic E-state index is 0.0000151. The second kappa shape index (κ2) is 5.41. The molecule has 0 radical (unpaired) electrons. The highest BCUT2D eigenvalue weighted by Crippen LogP contribution is 2.35. The number of aromatic nitrogens is 5. The maximum absolute atomic E-state index is 4.83. The third-order valence-electron chi connectivity index (χ3n) is 5.31. The number of rotatable bonds is 3. The summed E-state index contributed by atoms with van der Waals surface area (Å²) in [6.45, 7) is 12.2.